The van der Waals surface area contributed by atoms with Gasteiger partial charge in [-0.1, -0.05) is 54.2 Å². The predicted molar refractivity (Wildman–Crippen MR) is 92.2 cm³/mol. The maximum absolute atomic E-state index is 12.8. The van der Waals surface area contributed by atoms with Gasteiger partial charge in [0.1, 0.15) is 0 Å². The van der Waals surface area contributed by atoms with E-state index in [1.165, 1.54) is 23.9 Å². The van der Waals surface area contributed by atoms with Crippen LogP contribution < -0.4 is 0 Å². The number of alkyl halides is 3. The summed E-state index contributed by atoms with van der Waals surface area (Å²) in [5.74, 6) is 1.13. The maximum atomic E-state index is 12.8. The molecule has 3 aromatic rings. The lowest BCUT2D eigenvalue weighted by molar-refractivity contribution is -0.137. The highest BCUT2D eigenvalue weighted by Crippen LogP contribution is 2.31. The summed E-state index contributed by atoms with van der Waals surface area (Å²) in [6.45, 7) is 2.00. The molecular formula is C18H16F3N3S. The van der Waals surface area contributed by atoms with Gasteiger partial charge >= 0.3 is 6.18 Å². The van der Waals surface area contributed by atoms with E-state index in [9.17, 15) is 13.2 Å². The number of thioether (sulfide) groups is 1. The molecule has 25 heavy (non-hydrogen) atoms. The number of hydrogen-bond acceptors (Lipinski definition) is 3. The first-order chi connectivity index (χ1) is 11.9. The van der Waals surface area contributed by atoms with Gasteiger partial charge in [-0.3, -0.25) is 0 Å². The first-order valence-corrected chi connectivity index (χ1v) is 8.59. The molecule has 1 aromatic heterocycles. The Bertz CT molecular complexity index is 887. The standard InChI is InChI=1S/C18H16F3N3S/c1-12-6-3-4-9-15(12)16-22-23-17(24(16)2)25-11-13-7-5-8-14(10-13)18(19,20)21/h3-10H,11H2,1-2H3. The molecule has 2 aromatic carbocycles. The summed E-state index contributed by atoms with van der Waals surface area (Å²) < 4.78 is 40.2. The maximum Gasteiger partial charge on any atom is 0.416 e. The van der Waals surface area contributed by atoms with Crippen LogP contribution in [0, 0.1) is 6.92 Å². The first kappa shape index (κ1) is 17.5. The van der Waals surface area contributed by atoms with Crippen molar-refractivity contribution in [3.63, 3.8) is 0 Å². The molecule has 0 radical (unpaired) electrons. The second kappa shape index (κ2) is 6.92. The van der Waals surface area contributed by atoms with Crippen LogP contribution in [0.4, 0.5) is 13.2 Å². The summed E-state index contributed by atoms with van der Waals surface area (Å²) in [6, 6.07) is 13.2. The Morgan fingerprint density at radius 1 is 1.04 bits per heavy atom. The fourth-order valence-corrected chi connectivity index (χ4v) is 3.34. The Hall–Kier alpha value is -2.28. The lowest BCUT2D eigenvalue weighted by atomic mass is 10.1. The van der Waals surface area contributed by atoms with E-state index >= 15 is 0 Å². The molecule has 0 atom stereocenters. The summed E-state index contributed by atoms with van der Waals surface area (Å²) in [4.78, 5) is 0. The van der Waals surface area contributed by atoms with E-state index in [-0.39, 0.29) is 0 Å². The van der Waals surface area contributed by atoms with Crippen LogP contribution in [0.15, 0.2) is 53.7 Å². The first-order valence-electron chi connectivity index (χ1n) is 7.60. The molecule has 3 nitrogen and oxygen atoms in total. The van der Waals surface area contributed by atoms with Crippen LogP contribution in [0.25, 0.3) is 11.4 Å². The van der Waals surface area contributed by atoms with E-state index < -0.39 is 11.7 Å². The minimum absolute atomic E-state index is 0.393. The highest BCUT2D eigenvalue weighted by Gasteiger charge is 2.30. The monoisotopic (exact) mass is 363 g/mol. The molecule has 0 spiro atoms. The van der Waals surface area contributed by atoms with Crippen LogP contribution >= 0.6 is 11.8 Å². The minimum Gasteiger partial charge on any atom is -0.305 e. The van der Waals surface area contributed by atoms with E-state index in [1.807, 2.05) is 42.8 Å². The van der Waals surface area contributed by atoms with Gasteiger partial charge < -0.3 is 4.57 Å². The molecule has 3 rings (SSSR count). The van der Waals surface area contributed by atoms with Crippen molar-refractivity contribution in [3.8, 4) is 11.4 Å². The summed E-state index contributed by atoms with van der Waals surface area (Å²) in [6.07, 6.45) is -4.33. The molecule has 130 valence electrons. The van der Waals surface area contributed by atoms with E-state index in [4.69, 9.17) is 0 Å². The third kappa shape index (κ3) is 3.87. The van der Waals surface area contributed by atoms with Crippen molar-refractivity contribution in [1.82, 2.24) is 14.8 Å². The van der Waals surface area contributed by atoms with E-state index in [2.05, 4.69) is 10.2 Å². The third-order valence-electron chi connectivity index (χ3n) is 3.84. The van der Waals surface area contributed by atoms with Gasteiger partial charge in [0.05, 0.1) is 5.56 Å². The molecule has 0 unspecified atom stereocenters. The van der Waals surface area contributed by atoms with Crippen LogP contribution in [0.3, 0.4) is 0 Å². The van der Waals surface area contributed by atoms with Crippen molar-refractivity contribution in [2.45, 2.75) is 24.0 Å². The number of hydrogen-bond donors (Lipinski definition) is 0. The number of aromatic nitrogens is 3. The van der Waals surface area contributed by atoms with Crippen molar-refractivity contribution in [1.29, 1.82) is 0 Å². The SMILES string of the molecule is Cc1ccccc1-c1nnc(SCc2cccc(C(F)(F)F)c2)n1C. The summed E-state index contributed by atoms with van der Waals surface area (Å²) in [5, 5.41) is 9.06. The molecule has 0 aliphatic rings. The number of rotatable bonds is 4. The van der Waals surface area contributed by atoms with E-state index in [0.29, 0.717) is 16.5 Å². The second-order valence-electron chi connectivity index (χ2n) is 5.67. The fraction of sp³-hybridized carbons (Fsp3) is 0.222. The Kier molecular flexibility index (Phi) is 4.85. The van der Waals surface area contributed by atoms with Gasteiger partial charge in [-0.2, -0.15) is 13.2 Å². The number of benzene rings is 2. The smallest absolute Gasteiger partial charge is 0.305 e. The van der Waals surface area contributed by atoms with Gasteiger partial charge in [0.25, 0.3) is 0 Å². The van der Waals surface area contributed by atoms with Crippen LogP contribution in [0.1, 0.15) is 16.7 Å². The van der Waals surface area contributed by atoms with E-state index in [0.717, 1.165) is 23.0 Å². The van der Waals surface area contributed by atoms with Gasteiger partial charge in [-0.15, -0.1) is 10.2 Å². The molecule has 0 saturated carbocycles. The van der Waals surface area contributed by atoms with Gasteiger partial charge in [0.15, 0.2) is 11.0 Å². The molecule has 0 fully saturated rings. The molecule has 0 bridgehead atoms. The molecule has 7 heteroatoms. The molecular weight excluding hydrogens is 347 g/mol. The normalized spacial score (nSPS) is 11.7. The molecule has 0 saturated heterocycles. The quantitative estimate of drug-likeness (QED) is 0.604. The van der Waals surface area contributed by atoms with E-state index in [1.54, 1.807) is 6.07 Å². The average molecular weight is 363 g/mol. The van der Waals surface area contributed by atoms with Gasteiger partial charge in [0, 0.05) is 18.4 Å². The Morgan fingerprint density at radius 2 is 1.80 bits per heavy atom. The lowest BCUT2D eigenvalue weighted by Gasteiger charge is -2.09. The number of halogens is 3. The zero-order valence-corrected chi connectivity index (χ0v) is 14.5. The zero-order chi connectivity index (χ0) is 18.0. The minimum atomic E-state index is -4.33. The Morgan fingerprint density at radius 3 is 2.52 bits per heavy atom. The summed E-state index contributed by atoms with van der Waals surface area (Å²) >= 11 is 1.36. The molecule has 1 heterocycles. The van der Waals surface area contributed by atoms with Gasteiger partial charge in [0.2, 0.25) is 0 Å². The summed E-state index contributed by atoms with van der Waals surface area (Å²) in [5.41, 5.74) is 2.04. The van der Waals surface area contributed by atoms with Crippen molar-refractivity contribution in [3.05, 3.63) is 65.2 Å². The lowest BCUT2D eigenvalue weighted by Crippen LogP contribution is -2.05. The van der Waals surface area contributed by atoms with Crippen LogP contribution in [0.2, 0.25) is 0 Å². The molecule has 0 amide bonds. The molecule has 0 N–H and O–H groups in total. The highest BCUT2D eigenvalue weighted by molar-refractivity contribution is 7.98. The van der Waals surface area contributed by atoms with Crippen molar-refractivity contribution in [2.75, 3.05) is 0 Å². The summed E-state index contributed by atoms with van der Waals surface area (Å²) in [7, 11) is 1.86. The van der Waals surface area contributed by atoms with Crippen LogP contribution in [0.5, 0.6) is 0 Å². The van der Waals surface area contributed by atoms with Crippen molar-refractivity contribution >= 4 is 11.8 Å². The highest BCUT2D eigenvalue weighted by atomic mass is 32.2. The number of aryl methyl sites for hydroxylation is 1. The second-order valence-corrected chi connectivity index (χ2v) is 6.61. The topological polar surface area (TPSA) is 30.7 Å². The van der Waals surface area contributed by atoms with Crippen molar-refractivity contribution < 1.29 is 13.2 Å². The predicted octanol–water partition coefficient (Wildman–Crippen LogP) is 5.10. The van der Waals surface area contributed by atoms with Crippen molar-refractivity contribution in [2.24, 2.45) is 7.05 Å². The fourth-order valence-electron chi connectivity index (χ4n) is 2.48. The largest absolute Gasteiger partial charge is 0.416 e. The average Bonchev–Trinajstić information content (AvgIpc) is 2.94. The molecule has 0 aliphatic heterocycles. The van der Waals surface area contributed by atoms with Gasteiger partial charge in [-0.25, -0.2) is 0 Å². The number of nitrogens with zero attached hydrogens (tertiary/aromatic N) is 3. The third-order valence-corrected chi connectivity index (χ3v) is 4.93. The van der Waals surface area contributed by atoms with Gasteiger partial charge in [-0.05, 0) is 24.1 Å². The Labute approximate surface area is 147 Å². The van der Waals surface area contributed by atoms with Crippen LogP contribution in [-0.4, -0.2) is 14.8 Å². The van der Waals surface area contributed by atoms with Crippen LogP contribution in [-0.2, 0) is 19.0 Å². The molecule has 0 aliphatic carbocycles. The zero-order valence-electron chi connectivity index (χ0n) is 13.7. The Balaban J connectivity index is 1.78.